The summed E-state index contributed by atoms with van der Waals surface area (Å²) in [5.41, 5.74) is 3.82. The molecule has 2 aromatic heterocycles. The van der Waals surface area contributed by atoms with Gasteiger partial charge in [-0.2, -0.15) is 0 Å². The Morgan fingerprint density at radius 3 is 2.97 bits per heavy atom. The number of carbonyl (C=O) groups is 1. The largest absolute Gasteiger partial charge is 0.496 e. The van der Waals surface area contributed by atoms with Crippen LogP contribution in [0.3, 0.4) is 0 Å². The highest BCUT2D eigenvalue weighted by Gasteiger charge is 2.39. The molecule has 8 heteroatoms. The van der Waals surface area contributed by atoms with Crippen molar-refractivity contribution in [2.45, 2.75) is 75.9 Å². The molecule has 1 unspecified atom stereocenters. The maximum absolute atomic E-state index is 15.2. The SMILES string of the molecule is COc1cc(CCCCC(F)[C@@H]2CCN([C@@H](C(=O)O)c3cccnc3C3CC3)C2)nc2c1CCCN2. The van der Waals surface area contributed by atoms with Gasteiger partial charge in [0.25, 0.3) is 0 Å². The Balaban J connectivity index is 1.13. The maximum Gasteiger partial charge on any atom is 0.325 e. The maximum atomic E-state index is 15.2. The number of fused-ring (bicyclic) bond motifs is 1. The zero-order chi connectivity index (χ0) is 25.1. The molecular formula is C28H37FN4O3. The van der Waals surface area contributed by atoms with Crippen LogP contribution in [0.4, 0.5) is 10.2 Å². The van der Waals surface area contributed by atoms with Crippen LogP contribution in [0.5, 0.6) is 5.75 Å². The molecule has 0 spiro atoms. The molecule has 194 valence electrons. The number of methoxy groups -OCH3 is 1. The fourth-order valence-electron chi connectivity index (χ4n) is 5.84. The summed E-state index contributed by atoms with van der Waals surface area (Å²) in [6.45, 7) is 2.01. The number of aromatic nitrogens is 2. The topological polar surface area (TPSA) is 87.6 Å². The lowest BCUT2D eigenvalue weighted by Crippen LogP contribution is -2.34. The van der Waals surface area contributed by atoms with E-state index in [9.17, 15) is 9.90 Å². The predicted octanol–water partition coefficient (Wildman–Crippen LogP) is 4.92. The van der Waals surface area contributed by atoms with E-state index in [2.05, 4.69) is 10.3 Å². The molecule has 1 saturated carbocycles. The van der Waals surface area contributed by atoms with Crippen molar-refractivity contribution >= 4 is 11.8 Å². The van der Waals surface area contributed by atoms with Crippen molar-refractivity contribution in [3.63, 3.8) is 0 Å². The number of hydrogen-bond donors (Lipinski definition) is 2. The van der Waals surface area contributed by atoms with E-state index in [1.54, 1.807) is 13.3 Å². The van der Waals surface area contributed by atoms with Crippen LogP contribution in [0.2, 0.25) is 0 Å². The molecule has 2 aromatic rings. The van der Waals surface area contributed by atoms with Crippen LogP contribution in [0.15, 0.2) is 24.4 Å². The Kier molecular flexibility index (Phi) is 7.70. The zero-order valence-corrected chi connectivity index (χ0v) is 21.1. The average Bonchev–Trinajstić information content (AvgIpc) is 3.63. The van der Waals surface area contributed by atoms with Crippen LogP contribution in [-0.4, -0.2) is 58.9 Å². The summed E-state index contributed by atoms with van der Waals surface area (Å²) in [5.74, 6) is 1.19. The molecule has 1 aliphatic carbocycles. The Morgan fingerprint density at radius 1 is 1.33 bits per heavy atom. The van der Waals surface area contributed by atoms with Crippen LogP contribution in [0, 0.1) is 5.92 Å². The molecule has 3 atom stereocenters. The Hall–Kier alpha value is -2.74. The smallest absolute Gasteiger partial charge is 0.325 e. The van der Waals surface area contributed by atoms with Crippen molar-refractivity contribution < 1.29 is 19.0 Å². The second-order valence-corrected chi connectivity index (χ2v) is 10.5. The van der Waals surface area contributed by atoms with Crippen LogP contribution in [-0.2, 0) is 17.6 Å². The third-order valence-electron chi connectivity index (χ3n) is 7.91. The number of anilines is 1. The van der Waals surface area contributed by atoms with Crippen LogP contribution >= 0.6 is 0 Å². The Bertz CT molecular complexity index is 1060. The van der Waals surface area contributed by atoms with Gasteiger partial charge in [-0.3, -0.25) is 14.7 Å². The molecule has 2 aliphatic heterocycles. The first kappa shape index (κ1) is 24.9. The number of halogens is 1. The van der Waals surface area contributed by atoms with Crippen molar-refractivity contribution in [1.29, 1.82) is 0 Å². The number of nitrogens with zero attached hydrogens (tertiary/aromatic N) is 3. The van der Waals surface area contributed by atoms with Gasteiger partial charge in [0.15, 0.2) is 0 Å². The van der Waals surface area contributed by atoms with Crippen LogP contribution in [0.25, 0.3) is 0 Å². The van der Waals surface area contributed by atoms with Gasteiger partial charge in [0.2, 0.25) is 0 Å². The highest BCUT2D eigenvalue weighted by molar-refractivity contribution is 5.76. The monoisotopic (exact) mass is 496 g/mol. The first-order valence-corrected chi connectivity index (χ1v) is 13.4. The number of hydrogen-bond acceptors (Lipinski definition) is 6. The highest BCUT2D eigenvalue weighted by atomic mass is 19.1. The predicted molar refractivity (Wildman–Crippen MR) is 136 cm³/mol. The fraction of sp³-hybridized carbons (Fsp3) is 0.607. The molecule has 0 aromatic carbocycles. The van der Waals surface area contributed by atoms with Gasteiger partial charge < -0.3 is 15.2 Å². The minimum atomic E-state index is -0.922. The minimum Gasteiger partial charge on any atom is -0.496 e. The number of alkyl halides is 1. The molecule has 36 heavy (non-hydrogen) atoms. The summed E-state index contributed by atoms with van der Waals surface area (Å²) in [6, 6.07) is 4.98. The lowest BCUT2D eigenvalue weighted by molar-refractivity contribution is -0.143. The number of nitrogens with one attached hydrogen (secondary N) is 1. The summed E-state index contributed by atoms with van der Waals surface area (Å²) < 4.78 is 20.8. The molecular weight excluding hydrogens is 459 g/mol. The van der Waals surface area contributed by atoms with Crippen molar-refractivity contribution in [1.82, 2.24) is 14.9 Å². The summed E-state index contributed by atoms with van der Waals surface area (Å²) in [4.78, 5) is 23.5. The van der Waals surface area contributed by atoms with Gasteiger partial charge in [0, 0.05) is 59.7 Å². The molecule has 0 radical (unpaired) electrons. The highest BCUT2D eigenvalue weighted by Crippen LogP contribution is 2.43. The van der Waals surface area contributed by atoms with E-state index in [0.717, 1.165) is 85.6 Å². The van der Waals surface area contributed by atoms with E-state index < -0.39 is 18.2 Å². The van der Waals surface area contributed by atoms with Gasteiger partial charge in [0.05, 0.1) is 7.11 Å². The van der Waals surface area contributed by atoms with Crippen molar-refractivity contribution in [3.8, 4) is 5.75 Å². The van der Waals surface area contributed by atoms with Gasteiger partial charge in [-0.15, -0.1) is 0 Å². The second kappa shape index (κ2) is 11.1. The normalized spacial score (nSPS) is 21.4. The molecule has 7 nitrogen and oxygen atoms in total. The summed E-state index contributed by atoms with van der Waals surface area (Å²) in [6.07, 6.45) is 8.64. The number of carboxylic acid groups (broad SMARTS) is 1. The summed E-state index contributed by atoms with van der Waals surface area (Å²) in [5, 5.41) is 13.4. The molecule has 2 N–H and O–H groups in total. The summed E-state index contributed by atoms with van der Waals surface area (Å²) >= 11 is 0. The lowest BCUT2D eigenvalue weighted by Gasteiger charge is -2.26. The van der Waals surface area contributed by atoms with Gasteiger partial charge in [-0.05, 0) is 64.0 Å². The second-order valence-electron chi connectivity index (χ2n) is 10.5. The fourth-order valence-corrected chi connectivity index (χ4v) is 5.84. The van der Waals surface area contributed by atoms with Gasteiger partial charge in [-0.25, -0.2) is 9.37 Å². The third kappa shape index (κ3) is 5.48. The number of likely N-dealkylation sites (tertiary alicyclic amines) is 1. The first-order chi connectivity index (χ1) is 17.5. The third-order valence-corrected chi connectivity index (χ3v) is 7.91. The molecule has 1 saturated heterocycles. The van der Waals surface area contributed by atoms with Crippen molar-refractivity contribution in [2.75, 3.05) is 32.1 Å². The average molecular weight is 497 g/mol. The number of pyridine rings is 2. The number of carboxylic acids is 1. The van der Waals surface area contributed by atoms with Crippen LogP contribution in [0.1, 0.15) is 79.4 Å². The van der Waals surface area contributed by atoms with E-state index in [4.69, 9.17) is 9.72 Å². The Morgan fingerprint density at radius 2 is 2.19 bits per heavy atom. The molecule has 0 bridgehead atoms. The van der Waals surface area contributed by atoms with Gasteiger partial charge >= 0.3 is 5.97 Å². The lowest BCUT2D eigenvalue weighted by atomic mass is 9.97. The van der Waals surface area contributed by atoms with Crippen molar-refractivity contribution in [2.24, 2.45) is 5.92 Å². The molecule has 2 fully saturated rings. The number of aliphatic carboxylic acids is 1. The van der Waals surface area contributed by atoms with E-state index in [1.807, 2.05) is 23.1 Å². The van der Waals surface area contributed by atoms with E-state index in [0.29, 0.717) is 31.8 Å². The molecule has 3 aliphatic rings. The van der Waals surface area contributed by atoms with Crippen molar-refractivity contribution in [3.05, 3.63) is 46.9 Å². The van der Waals surface area contributed by atoms with E-state index >= 15 is 4.39 Å². The van der Waals surface area contributed by atoms with E-state index in [1.165, 1.54) is 0 Å². The van der Waals surface area contributed by atoms with E-state index in [-0.39, 0.29) is 5.92 Å². The molecule has 5 rings (SSSR count). The number of rotatable bonds is 11. The molecule has 0 amide bonds. The Labute approximate surface area is 212 Å². The minimum absolute atomic E-state index is 0.126. The number of ether oxygens (including phenoxy) is 1. The van der Waals surface area contributed by atoms with Gasteiger partial charge in [-0.1, -0.05) is 12.5 Å². The quantitative estimate of drug-likeness (QED) is 0.427. The zero-order valence-electron chi connectivity index (χ0n) is 21.1. The summed E-state index contributed by atoms with van der Waals surface area (Å²) in [7, 11) is 1.70. The first-order valence-electron chi connectivity index (χ1n) is 13.4. The standard InChI is InChI=1S/C28H37FN4O3/c1-36-24-16-20(32-27-21(24)7-4-14-31-27)6-2-3-9-23(29)19-12-15-33(17-19)26(28(34)35)22-8-5-13-30-25(22)18-10-11-18/h5,8,13,16,18-19,23,26H,2-4,6-7,9-12,14-15,17H2,1H3,(H,31,32)(H,34,35)/t19-,23?,26-/m1/s1. The van der Waals surface area contributed by atoms with Gasteiger partial charge in [0.1, 0.15) is 23.8 Å². The number of unbranched alkanes of at least 4 members (excludes halogenated alkanes) is 1. The van der Waals surface area contributed by atoms with Crippen LogP contribution < -0.4 is 10.1 Å². The number of aryl methyl sites for hydroxylation is 1. The molecule has 4 heterocycles.